The normalized spacial score (nSPS) is 18.2. The van der Waals surface area contributed by atoms with Crippen LogP contribution in [0, 0.1) is 11.6 Å². The van der Waals surface area contributed by atoms with Gasteiger partial charge in [0.05, 0.1) is 12.1 Å². The van der Waals surface area contributed by atoms with E-state index in [4.69, 9.17) is 0 Å². The molecule has 1 fully saturated rings. The molecule has 6 nitrogen and oxygen atoms in total. The largest absolute Gasteiger partial charge is 0.339 e. The van der Waals surface area contributed by atoms with E-state index in [2.05, 4.69) is 20.1 Å². The average molecular weight is 347 g/mol. The minimum Gasteiger partial charge on any atom is -0.339 e. The molecule has 4 rings (SSSR count). The molecule has 1 aromatic heterocycles. The monoisotopic (exact) mass is 347 g/mol. The third-order valence-corrected chi connectivity index (χ3v) is 4.96. The summed E-state index contributed by atoms with van der Waals surface area (Å²) >= 11 is 0. The number of amides is 1. The molecule has 2 aromatic rings. The number of rotatable bonds is 2. The minimum absolute atomic E-state index is 0.0780. The van der Waals surface area contributed by atoms with Crippen LogP contribution in [0.2, 0.25) is 0 Å². The van der Waals surface area contributed by atoms with Crippen molar-refractivity contribution < 1.29 is 13.6 Å². The summed E-state index contributed by atoms with van der Waals surface area (Å²) in [4.78, 5) is 14.1. The number of halogens is 2. The molecule has 0 bridgehead atoms. The molecule has 25 heavy (non-hydrogen) atoms. The van der Waals surface area contributed by atoms with Crippen molar-refractivity contribution in [3.8, 4) is 0 Å². The first-order valence-corrected chi connectivity index (χ1v) is 8.50. The zero-order valence-electron chi connectivity index (χ0n) is 13.7. The maximum atomic E-state index is 13.8. The maximum Gasteiger partial charge on any atom is 0.256 e. The molecule has 2 aliphatic heterocycles. The third-order valence-electron chi connectivity index (χ3n) is 4.96. The molecular formula is C17H19F2N5O. The molecule has 0 spiro atoms. The summed E-state index contributed by atoms with van der Waals surface area (Å²) in [7, 11) is 0. The molecule has 1 amide bonds. The zero-order chi connectivity index (χ0) is 17.4. The number of aromatic nitrogens is 3. The fourth-order valence-electron chi connectivity index (χ4n) is 3.59. The lowest BCUT2D eigenvalue weighted by Gasteiger charge is -2.32. The lowest BCUT2D eigenvalue weighted by molar-refractivity contribution is 0.0705. The number of carbonyl (C=O) groups excluding carboxylic acids is 1. The fourth-order valence-corrected chi connectivity index (χ4v) is 3.59. The van der Waals surface area contributed by atoms with Crippen LogP contribution in [0.5, 0.6) is 0 Å². The lowest BCUT2D eigenvalue weighted by atomic mass is 9.95. The van der Waals surface area contributed by atoms with Crippen molar-refractivity contribution in [2.75, 3.05) is 19.6 Å². The Balaban J connectivity index is 1.44. The number of carbonyl (C=O) groups is 1. The second kappa shape index (κ2) is 6.51. The van der Waals surface area contributed by atoms with Gasteiger partial charge in [0.15, 0.2) is 0 Å². The average Bonchev–Trinajstić information content (AvgIpc) is 3.05. The van der Waals surface area contributed by atoms with E-state index in [9.17, 15) is 13.6 Å². The van der Waals surface area contributed by atoms with Crippen LogP contribution >= 0.6 is 0 Å². The van der Waals surface area contributed by atoms with Crippen LogP contribution in [0.4, 0.5) is 8.78 Å². The molecule has 0 atom stereocenters. The third kappa shape index (κ3) is 3.02. The van der Waals surface area contributed by atoms with Gasteiger partial charge in [-0.1, -0.05) is 0 Å². The summed E-state index contributed by atoms with van der Waals surface area (Å²) in [6.07, 6.45) is 1.53. The van der Waals surface area contributed by atoms with E-state index < -0.39 is 11.6 Å². The summed E-state index contributed by atoms with van der Waals surface area (Å²) in [5.74, 6) is 0.305. The van der Waals surface area contributed by atoms with E-state index in [1.54, 1.807) is 4.90 Å². The van der Waals surface area contributed by atoms with E-state index in [-0.39, 0.29) is 17.4 Å². The summed E-state index contributed by atoms with van der Waals surface area (Å²) < 4.78 is 29.0. The van der Waals surface area contributed by atoms with Crippen LogP contribution in [-0.2, 0) is 13.1 Å². The first kappa shape index (κ1) is 16.1. The van der Waals surface area contributed by atoms with Crippen molar-refractivity contribution in [3.05, 3.63) is 47.0 Å². The van der Waals surface area contributed by atoms with Crippen molar-refractivity contribution in [2.24, 2.45) is 0 Å². The van der Waals surface area contributed by atoms with E-state index >= 15 is 0 Å². The highest BCUT2D eigenvalue weighted by Crippen LogP contribution is 2.28. The highest BCUT2D eigenvalue weighted by Gasteiger charge is 2.29. The van der Waals surface area contributed by atoms with Crippen LogP contribution in [-0.4, -0.2) is 45.2 Å². The quantitative estimate of drug-likeness (QED) is 0.898. The number of benzene rings is 1. The smallest absolute Gasteiger partial charge is 0.256 e. The molecule has 8 heteroatoms. The predicted molar refractivity (Wildman–Crippen MR) is 86.0 cm³/mol. The molecular weight excluding hydrogens is 328 g/mol. The van der Waals surface area contributed by atoms with Gasteiger partial charge >= 0.3 is 0 Å². The summed E-state index contributed by atoms with van der Waals surface area (Å²) in [5.41, 5.74) is -0.0780. The van der Waals surface area contributed by atoms with Gasteiger partial charge in [0.1, 0.15) is 23.3 Å². The number of likely N-dealkylation sites (tertiary alicyclic amines) is 1. The van der Waals surface area contributed by atoms with E-state index in [0.29, 0.717) is 13.1 Å². The van der Waals surface area contributed by atoms with Crippen LogP contribution in [0.1, 0.15) is 40.8 Å². The molecule has 3 heterocycles. The summed E-state index contributed by atoms with van der Waals surface area (Å²) in [6.45, 7) is 3.55. The maximum absolute atomic E-state index is 13.8. The molecule has 1 saturated heterocycles. The van der Waals surface area contributed by atoms with Gasteiger partial charge in [-0.25, -0.2) is 8.78 Å². The minimum atomic E-state index is -0.814. The van der Waals surface area contributed by atoms with Gasteiger partial charge in [-0.15, -0.1) is 10.2 Å². The Kier molecular flexibility index (Phi) is 4.20. The number of hydrogen-bond acceptors (Lipinski definition) is 4. The highest BCUT2D eigenvalue weighted by molar-refractivity contribution is 5.94. The Bertz CT molecular complexity index is 798. The van der Waals surface area contributed by atoms with Crippen LogP contribution in [0.3, 0.4) is 0 Å². The molecule has 2 aliphatic rings. The van der Waals surface area contributed by atoms with Gasteiger partial charge in [-0.05, 0) is 25.0 Å². The Hall–Kier alpha value is -2.35. The summed E-state index contributed by atoms with van der Waals surface area (Å²) in [6, 6.07) is 3.07. The van der Waals surface area contributed by atoms with Gasteiger partial charge in [0, 0.05) is 38.2 Å². The van der Waals surface area contributed by atoms with Gasteiger partial charge in [-0.2, -0.15) is 0 Å². The Morgan fingerprint density at radius 3 is 2.72 bits per heavy atom. The van der Waals surface area contributed by atoms with Gasteiger partial charge in [0.25, 0.3) is 5.91 Å². The Morgan fingerprint density at radius 2 is 1.96 bits per heavy atom. The number of hydrogen-bond donors (Lipinski definition) is 1. The fraction of sp³-hybridized carbons (Fsp3) is 0.471. The number of piperidine rings is 1. The van der Waals surface area contributed by atoms with E-state index in [1.807, 2.05) is 0 Å². The van der Waals surface area contributed by atoms with Gasteiger partial charge in [0.2, 0.25) is 0 Å². The van der Waals surface area contributed by atoms with Crippen molar-refractivity contribution in [2.45, 2.75) is 31.8 Å². The van der Waals surface area contributed by atoms with E-state index in [1.165, 1.54) is 6.07 Å². The van der Waals surface area contributed by atoms with Crippen molar-refractivity contribution in [3.63, 3.8) is 0 Å². The Morgan fingerprint density at radius 1 is 1.16 bits per heavy atom. The van der Waals surface area contributed by atoms with Crippen LogP contribution < -0.4 is 5.32 Å². The van der Waals surface area contributed by atoms with Crippen molar-refractivity contribution in [1.29, 1.82) is 0 Å². The second-order valence-corrected chi connectivity index (χ2v) is 6.49. The molecule has 0 aliphatic carbocycles. The topological polar surface area (TPSA) is 63.1 Å². The molecule has 132 valence electrons. The first-order chi connectivity index (χ1) is 12.1. The zero-order valence-corrected chi connectivity index (χ0v) is 13.7. The molecule has 0 unspecified atom stereocenters. The van der Waals surface area contributed by atoms with Crippen LogP contribution in [0.25, 0.3) is 0 Å². The number of fused-ring (bicyclic) bond motifs is 1. The van der Waals surface area contributed by atoms with Crippen LogP contribution in [0.15, 0.2) is 18.2 Å². The van der Waals surface area contributed by atoms with E-state index in [0.717, 1.165) is 56.3 Å². The SMILES string of the molecule is O=C(c1ccc(F)cc1F)N1CCC(c2nnc3n2CCNC3)CC1. The van der Waals surface area contributed by atoms with Gasteiger partial charge < -0.3 is 14.8 Å². The first-order valence-electron chi connectivity index (χ1n) is 8.50. The lowest BCUT2D eigenvalue weighted by Crippen LogP contribution is -2.39. The van der Waals surface area contributed by atoms with Crippen molar-refractivity contribution in [1.82, 2.24) is 25.0 Å². The second-order valence-electron chi connectivity index (χ2n) is 6.49. The molecule has 0 saturated carbocycles. The highest BCUT2D eigenvalue weighted by atomic mass is 19.1. The number of nitrogens with zero attached hydrogens (tertiary/aromatic N) is 4. The number of nitrogens with one attached hydrogen (secondary N) is 1. The summed E-state index contributed by atoms with van der Waals surface area (Å²) in [5, 5.41) is 11.8. The molecule has 1 N–H and O–H groups in total. The molecule has 1 aromatic carbocycles. The standard InChI is InChI=1S/C17H19F2N5O/c18-12-1-2-13(14(19)9-12)17(25)23-6-3-11(4-7-23)16-22-21-15-10-20-5-8-24(15)16/h1-2,9,11,20H,3-8,10H2. The van der Waals surface area contributed by atoms with Gasteiger partial charge in [-0.3, -0.25) is 4.79 Å². The molecule has 0 radical (unpaired) electrons. The van der Waals surface area contributed by atoms with Crippen molar-refractivity contribution >= 4 is 5.91 Å². The predicted octanol–water partition coefficient (Wildman–Crippen LogP) is 1.68. The Labute approximate surface area is 143 Å².